The van der Waals surface area contributed by atoms with E-state index in [4.69, 9.17) is 26.8 Å². The zero-order valence-electron chi connectivity index (χ0n) is 16.6. The van der Waals surface area contributed by atoms with E-state index >= 15 is 0 Å². The van der Waals surface area contributed by atoms with Crippen LogP contribution in [0, 0.1) is 4.77 Å². The lowest BCUT2D eigenvalue weighted by Crippen LogP contribution is -2.46. The minimum atomic E-state index is 0.324. The molecule has 5 rings (SSSR count). The smallest absolute Gasteiger partial charge is 0.231 e. The van der Waals surface area contributed by atoms with Crippen LogP contribution in [-0.4, -0.2) is 57.1 Å². The Morgan fingerprint density at radius 1 is 1.10 bits per heavy atom. The Hall–Kier alpha value is -2.16. The normalized spacial score (nSPS) is 19.6. The van der Waals surface area contributed by atoms with Crippen LogP contribution in [0.25, 0.3) is 0 Å². The van der Waals surface area contributed by atoms with E-state index in [0.29, 0.717) is 12.7 Å². The van der Waals surface area contributed by atoms with E-state index < -0.39 is 0 Å². The summed E-state index contributed by atoms with van der Waals surface area (Å²) in [5, 5.41) is 4.85. The molecule has 3 heterocycles. The lowest BCUT2D eigenvalue weighted by molar-refractivity contribution is 0.0979. The molecule has 154 valence electrons. The van der Waals surface area contributed by atoms with Crippen molar-refractivity contribution >= 4 is 12.2 Å². The van der Waals surface area contributed by atoms with Crippen molar-refractivity contribution in [3.05, 3.63) is 47.0 Å². The first-order chi connectivity index (χ1) is 14.2. The van der Waals surface area contributed by atoms with Crippen LogP contribution in [0.4, 0.5) is 0 Å². The highest BCUT2D eigenvalue weighted by molar-refractivity contribution is 7.71. The molecule has 29 heavy (non-hydrogen) atoms. The van der Waals surface area contributed by atoms with Gasteiger partial charge in [0.2, 0.25) is 6.79 Å². The third-order valence-electron chi connectivity index (χ3n) is 5.85. The lowest BCUT2D eigenvalue weighted by atomic mass is 10.1. The second kappa shape index (κ2) is 7.93. The molecule has 3 aliphatic rings. The zero-order valence-corrected chi connectivity index (χ0v) is 17.4. The van der Waals surface area contributed by atoms with Crippen molar-refractivity contribution < 1.29 is 9.47 Å². The van der Waals surface area contributed by atoms with Gasteiger partial charge in [0.1, 0.15) is 5.82 Å². The van der Waals surface area contributed by atoms with Gasteiger partial charge < -0.3 is 9.47 Å². The van der Waals surface area contributed by atoms with Gasteiger partial charge in [-0.1, -0.05) is 12.1 Å². The third-order valence-corrected chi connectivity index (χ3v) is 6.28. The second-order valence-corrected chi connectivity index (χ2v) is 8.40. The summed E-state index contributed by atoms with van der Waals surface area (Å²) in [7, 11) is 0. The molecule has 0 N–H and O–H groups in total. The van der Waals surface area contributed by atoms with Crippen LogP contribution in [0.5, 0.6) is 11.5 Å². The summed E-state index contributed by atoms with van der Waals surface area (Å²) in [5.74, 6) is 3.42. The van der Waals surface area contributed by atoms with Gasteiger partial charge in [0.05, 0.1) is 6.67 Å². The Morgan fingerprint density at radius 3 is 2.62 bits per heavy atom. The van der Waals surface area contributed by atoms with Gasteiger partial charge >= 0.3 is 0 Å². The maximum absolute atomic E-state index is 5.70. The molecule has 0 bridgehead atoms. The molecule has 1 saturated heterocycles. The van der Waals surface area contributed by atoms with Gasteiger partial charge in [-0.3, -0.25) is 14.4 Å². The first-order valence-electron chi connectivity index (χ1n) is 10.3. The van der Waals surface area contributed by atoms with E-state index in [2.05, 4.69) is 33.1 Å². The number of benzene rings is 1. The predicted octanol–water partition coefficient (Wildman–Crippen LogP) is 2.98. The van der Waals surface area contributed by atoms with Gasteiger partial charge in [-0.2, -0.15) is 5.10 Å². The maximum Gasteiger partial charge on any atom is 0.231 e. The molecular weight excluding hydrogens is 386 g/mol. The number of fused-ring (bicyclic) bond motifs is 1. The van der Waals surface area contributed by atoms with Crippen molar-refractivity contribution in [3.63, 3.8) is 0 Å². The molecule has 1 aromatic heterocycles. The summed E-state index contributed by atoms with van der Waals surface area (Å²) in [6.45, 7) is 10.7. The van der Waals surface area contributed by atoms with Crippen LogP contribution >= 0.6 is 12.2 Å². The molecule has 0 spiro atoms. The average Bonchev–Trinajstić information content (AvgIpc) is 3.39. The maximum atomic E-state index is 5.70. The molecule has 1 aliphatic carbocycles. The average molecular weight is 414 g/mol. The van der Waals surface area contributed by atoms with Crippen molar-refractivity contribution in [1.82, 2.24) is 24.1 Å². The fourth-order valence-electron chi connectivity index (χ4n) is 4.07. The van der Waals surface area contributed by atoms with Crippen LogP contribution in [0.1, 0.15) is 30.1 Å². The van der Waals surface area contributed by atoms with E-state index in [0.717, 1.165) is 68.0 Å². The van der Waals surface area contributed by atoms with Crippen molar-refractivity contribution in [2.24, 2.45) is 0 Å². The van der Waals surface area contributed by atoms with Crippen LogP contribution in [0.3, 0.4) is 0 Å². The standard InChI is InChI=1S/C21H27N5O2S/c1-2-7-25-20(17-4-5-17)22-26(21(25)29)14-24-10-8-23(9-11-24)13-16-3-6-18-19(12-16)28-15-27-18/h2-3,6,12,17H,1,4-5,7-11,13-15H2. The van der Waals surface area contributed by atoms with E-state index in [-0.39, 0.29) is 0 Å². The predicted molar refractivity (Wildman–Crippen MR) is 113 cm³/mol. The summed E-state index contributed by atoms with van der Waals surface area (Å²) in [4.78, 5) is 4.92. The number of hydrogen-bond acceptors (Lipinski definition) is 6. The number of ether oxygens (including phenoxy) is 2. The highest BCUT2D eigenvalue weighted by atomic mass is 32.1. The van der Waals surface area contributed by atoms with Gasteiger partial charge in [-0.25, -0.2) is 4.68 Å². The minimum absolute atomic E-state index is 0.324. The first kappa shape index (κ1) is 18.8. The third kappa shape index (κ3) is 3.97. The molecular formula is C21H27N5O2S. The molecule has 2 aliphatic heterocycles. The van der Waals surface area contributed by atoms with Crippen LogP contribution in [0.2, 0.25) is 0 Å². The molecule has 0 radical (unpaired) electrons. The zero-order chi connectivity index (χ0) is 19.8. The molecule has 0 amide bonds. The van der Waals surface area contributed by atoms with Gasteiger partial charge in [0.15, 0.2) is 16.3 Å². The summed E-state index contributed by atoms with van der Waals surface area (Å²) in [6.07, 6.45) is 4.35. The van der Waals surface area contributed by atoms with Gasteiger partial charge in [-0.05, 0) is 42.8 Å². The molecule has 0 unspecified atom stereocenters. The SMILES string of the molecule is C=CCn1c(C2CC2)nn(CN2CCN(Cc3ccc4c(c3)OCO4)CC2)c1=S. The Morgan fingerprint density at radius 2 is 1.86 bits per heavy atom. The largest absolute Gasteiger partial charge is 0.454 e. The molecule has 8 heteroatoms. The van der Waals surface area contributed by atoms with Crippen molar-refractivity contribution in [3.8, 4) is 11.5 Å². The van der Waals surface area contributed by atoms with E-state index in [1.165, 1.54) is 18.4 Å². The summed E-state index contributed by atoms with van der Waals surface area (Å²) in [6, 6.07) is 6.23. The van der Waals surface area contributed by atoms with E-state index in [1.54, 1.807) is 0 Å². The minimum Gasteiger partial charge on any atom is -0.454 e. The number of nitrogens with zero attached hydrogens (tertiary/aromatic N) is 5. The number of piperazine rings is 1. The number of hydrogen-bond donors (Lipinski definition) is 0. The topological polar surface area (TPSA) is 47.7 Å². The van der Waals surface area contributed by atoms with Crippen LogP contribution in [-0.2, 0) is 19.8 Å². The molecule has 1 aromatic carbocycles. The molecule has 1 saturated carbocycles. The van der Waals surface area contributed by atoms with E-state index in [9.17, 15) is 0 Å². The van der Waals surface area contributed by atoms with E-state index in [1.807, 2.05) is 16.8 Å². The summed E-state index contributed by atoms with van der Waals surface area (Å²) >= 11 is 5.70. The molecule has 2 aromatic rings. The number of rotatable bonds is 7. The van der Waals surface area contributed by atoms with Crippen molar-refractivity contribution in [2.45, 2.75) is 38.5 Å². The van der Waals surface area contributed by atoms with Crippen LogP contribution in [0.15, 0.2) is 30.9 Å². The Bertz CT molecular complexity index is 956. The van der Waals surface area contributed by atoms with Gasteiger partial charge in [0.25, 0.3) is 0 Å². The number of aromatic nitrogens is 3. The Kier molecular flexibility index (Phi) is 5.15. The Balaban J connectivity index is 1.19. The Labute approximate surface area is 176 Å². The molecule has 0 atom stereocenters. The number of allylic oxidation sites excluding steroid dienone is 1. The van der Waals surface area contributed by atoms with Gasteiger partial charge in [0, 0.05) is 45.2 Å². The summed E-state index contributed by atoms with van der Waals surface area (Å²) < 4.78 is 15.9. The fraction of sp³-hybridized carbons (Fsp3) is 0.524. The van der Waals surface area contributed by atoms with Gasteiger partial charge in [-0.15, -0.1) is 6.58 Å². The lowest BCUT2D eigenvalue weighted by Gasteiger charge is -2.34. The second-order valence-electron chi connectivity index (χ2n) is 8.04. The molecule has 2 fully saturated rings. The molecule has 7 nitrogen and oxygen atoms in total. The highest BCUT2D eigenvalue weighted by Crippen LogP contribution is 2.39. The monoisotopic (exact) mass is 413 g/mol. The summed E-state index contributed by atoms with van der Waals surface area (Å²) in [5.41, 5.74) is 1.27. The fourth-order valence-corrected chi connectivity index (χ4v) is 4.34. The quantitative estimate of drug-likeness (QED) is 0.514. The highest BCUT2D eigenvalue weighted by Gasteiger charge is 2.30. The first-order valence-corrected chi connectivity index (χ1v) is 10.7. The van der Waals surface area contributed by atoms with Crippen molar-refractivity contribution in [2.75, 3.05) is 33.0 Å². The van der Waals surface area contributed by atoms with Crippen LogP contribution < -0.4 is 9.47 Å². The van der Waals surface area contributed by atoms with Crippen molar-refractivity contribution in [1.29, 1.82) is 0 Å².